The zero-order valence-electron chi connectivity index (χ0n) is 13.1. The molecule has 0 saturated heterocycles. The standard InChI is InChI=1S/C14H22N4O2S2/c1-14(6-7-14)13(22)18(3)16-11(20)8-10(19)15-17(2)12(21)9-4-5-9/h9H,4-8H2,1-3H3,(H,15,19)(H,16,20). The van der Waals surface area contributed by atoms with Gasteiger partial charge in [0.25, 0.3) is 0 Å². The largest absolute Gasteiger partial charge is 0.282 e. The Hall–Kier alpha value is -1.28. The number of hydrazine groups is 2. The smallest absolute Gasteiger partial charge is 0.248 e. The summed E-state index contributed by atoms with van der Waals surface area (Å²) in [4.78, 5) is 25.2. The number of hydrogen-bond donors (Lipinski definition) is 2. The number of hydrogen-bond acceptors (Lipinski definition) is 4. The summed E-state index contributed by atoms with van der Waals surface area (Å²) in [5.74, 6) is -0.394. The van der Waals surface area contributed by atoms with E-state index in [0.717, 1.165) is 25.7 Å². The minimum atomic E-state index is -0.391. The van der Waals surface area contributed by atoms with Crippen LogP contribution in [0.2, 0.25) is 0 Å². The van der Waals surface area contributed by atoms with E-state index < -0.39 is 5.91 Å². The predicted molar refractivity (Wildman–Crippen MR) is 91.7 cm³/mol. The Kier molecular flexibility index (Phi) is 5.01. The summed E-state index contributed by atoms with van der Waals surface area (Å²) in [5.41, 5.74) is 5.26. The minimum absolute atomic E-state index is 0.0102. The van der Waals surface area contributed by atoms with E-state index in [0.29, 0.717) is 15.9 Å². The first-order valence-electron chi connectivity index (χ1n) is 7.37. The third-order valence-corrected chi connectivity index (χ3v) is 5.36. The van der Waals surface area contributed by atoms with Crippen molar-refractivity contribution in [2.75, 3.05) is 14.1 Å². The maximum absolute atomic E-state index is 11.9. The number of thiocarbonyl (C=S) groups is 2. The van der Waals surface area contributed by atoms with E-state index in [-0.39, 0.29) is 17.7 Å². The topological polar surface area (TPSA) is 64.7 Å². The van der Waals surface area contributed by atoms with Crippen molar-refractivity contribution in [1.82, 2.24) is 20.9 Å². The van der Waals surface area contributed by atoms with Crippen LogP contribution in [0.25, 0.3) is 0 Å². The highest BCUT2D eigenvalue weighted by atomic mass is 32.1. The van der Waals surface area contributed by atoms with Crippen LogP contribution in [0.1, 0.15) is 39.0 Å². The number of nitrogens with zero attached hydrogens (tertiary/aromatic N) is 2. The molecule has 6 nitrogen and oxygen atoms in total. The molecule has 2 amide bonds. The lowest BCUT2D eigenvalue weighted by Crippen LogP contribution is -2.48. The van der Waals surface area contributed by atoms with Crippen LogP contribution in [0.5, 0.6) is 0 Å². The van der Waals surface area contributed by atoms with Crippen molar-refractivity contribution in [2.45, 2.75) is 39.0 Å². The van der Waals surface area contributed by atoms with Crippen LogP contribution in [-0.4, -0.2) is 45.9 Å². The zero-order valence-corrected chi connectivity index (χ0v) is 14.8. The molecule has 2 fully saturated rings. The highest BCUT2D eigenvalue weighted by molar-refractivity contribution is 7.80. The molecule has 2 saturated carbocycles. The Bertz CT molecular complexity index is 515. The average molecular weight is 342 g/mol. The molecule has 2 N–H and O–H groups in total. The maximum Gasteiger partial charge on any atom is 0.248 e. The van der Waals surface area contributed by atoms with E-state index in [1.54, 1.807) is 14.1 Å². The highest BCUT2D eigenvalue weighted by Crippen LogP contribution is 2.46. The zero-order chi connectivity index (χ0) is 16.5. The molecule has 122 valence electrons. The molecule has 8 heteroatoms. The van der Waals surface area contributed by atoms with Gasteiger partial charge in [-0.3, -0.25) is 30.5 Å². The van der Waals surface area contributed by atoms with Gasteiger partial charge in [-0.1, -0.05) is 31.4 Å². The number of rotatable bonds is 4. The first-order chi connectivity index (χ1) is 10.2. The SMILES string of the molecule is CN(NC(=O)CC(=O)NN(C)C(=S)C1(C)CC1)C(=S)C1CC1. The summed E-state index contributed by atoms with van der Waals surface area (Å²) in [7, 11) is 3.40. The average Bonchev–Trinajstić information content (AvgIpc) is 3.31. The summed E-state index contributed by atoms with van der Waals surface area (Å²) in [6.45, 7) is 2.07. The number of amides is 2. The highest BCUT2D eigenvalue weighted by Gasteiger charge is 2.43. The first kappa shape index (κ1) is 17.1. The minimum Gasteiger partial charge on any atom is -0.282 e. The van der Waals surface area contributed by atoms with Crippen molar-refractivity contribution in [1.29, 1.82) is 0 Å². The van der Waals surface area contributed by atoms with Crippen molar-refractivity contribution in [3.8, 4) is 0 Å². The molecule has 22 heavy (non-hydrogen) atoms. The third kappa shape index (κ3) is 4.36. The van der Waals surface area contributed by atoms with Gasteiger partial charge in [-0.2, -0.15) is 0 Å². The first-order valence-corrected chi connectivity index (χ1v) is 8.19. The van der Waals surface area contributed by atoms with Gasteiger partial charge in [0.15, 0.2) is 0 Å². The summed E-state index contributed by atoms with van der Waals surface area (Å²) in [6.07, 6.45) is 3.95. The van der Waals surface area contributed by atoms with Gasteiger partial charge in [-0.15, -0.1) is 0 Å². The van der Waals surface area contributed by atoms with Crippen LogP contribution < -0.4 is 10.9 Å². The van der Waals surface area contributed by atoms with E-state index in [1.807, 2.05) is 0 Å². The molecule has 2 aliphatic rings. The quantitative estimate of drug-likeness (QED) is 0.454. The van der Waals surface area contributed by atoms with Crippen LogP contribution in [0.15, 0.2) is 0 Å². The second kappa shape index (κ2) is 6.45. The Balaban J connectivity index is 1.72. The Morgan fingerprint density at radius 3 is 2.05 bits per heavy atom. The molecule has 0 aromatic carbocycles. The normalized spacial score (nSPS) is 18.1. The molecule has 0 aromatic heterocycles. The van der Waals surface area contributed by atoms with Crippen molar-refractivity contribution in [3.63, 3.8) is 0 Å². The summed E-state index contributed by atoms with van der Waals surface area (Å²) < 4.78 is 0. The van der Waals surface area contributed by atoms with Gasteiger partial charge < -0.3 is 0 Å². The molecule has 0 aromatic rings. The van der Waals surface area contributed by atoms with Crippen LogP contribution in [0.4, 0.5) is 0 Å². The fourth-order valence-electron chi connectivity index (χ4n) is 2.12. The van der Waals surface area contributed by atoms with Gasteiger partial charge in [0.2, 0.25) is 11.8 Å². The molecule has 0 radical (unpaired) electrons. The van der Waals surface area contributed by atoms with Crippen LogP contribution >= 0.6 is 24.4 Å². The van der Waals surface area contributed by atoms with Crippen molar-refractivity contribution in [3.05, 3.63) is 0 Å². The van der Waals surface area contributed by atoms with Crippen molar-refractivity contribution >= 4 is 46.2 Å². The monoisotopic (exact) mass is 342 g/mol. The number of carbonyl (C=O) groups excluding carboxylic acids is 2. The summed E-state index contributed by atoms with van der Waals surface area (Å²) in [5, 5.41) is 3.07. The molecule has 0 heterocycles. The molecule has 0 unspecified atom stereocenters. The lowest BCUT2D eigenvalue weighted by Gasteiger charge is -2.25. The van der Waals surface area contributed by atoms with Crippen molar-refractivity contribution < 1.29 is 9.59 Å². The molecule has 0 aliphatic heterocycles. The molecule has 0 spiro atoms. The fraction of sp³-hybridized carbons (Fsp3) is 0.714. The van der Waals surface area contributed by atoms with Gasteiger partial charge >= 0.3 is 0 Å². The van der Waals surface area contributed by atoms with Crippen LogP contribution in [0.3, 0.4) is 0 Å². The number of carbonyl (C=O) groups is 2. The second-order valence-electron chi connectivity index (χ2n) is 6.34. The number of nitrogens with one attached hydrogen (secondary N) is 2. The van der Waals surface area contributed by atoms with E-state index in [1.165, 1.54) is 10.0 Å². The van der Waals surface area contributed by atoms with Crippen LogP contribution in [-0.2, 0) is 9.59 Å². The molecule has 0 bridgehead atoms. The Labute approximate surface area is 141 Å². The van der Waals surface area contributed by atoms with E-state index in [9.17, 15) is 9.59 Å². The summed E-state index contributed by atoms with van der Waals surface area (Å²) >= 11 is 10.6. The molecule has 2 aliphatic carbocycles. The van der Waals surface area contributed by atoms with E-state index >= 15 is 0 Å². The molecular weight excluding hydrogens is 320 g/mol. The van der Waals surface area contributed by atoms with Gasteiger partial charge in [-0.25, -0.2) is 0 Å². The second-order valence-corrected chi connectivity index (χ2v) is 7.15. The van der Waals surface area contributed by atoms with E-state index in [2.05, 4.69) is 17.8 Å². The maximum atomic E-state index is 11.9. The predicted octanol–water partition coefficient (Wildman–Crippen LogP) is 1.17. The van der Waals surface area contributed by atoms with Gasteiger partial charge in [0.05, 0.1) is 4.99 Å². The van der Waals surface area contributed by atoms with Gasteiger partial charge in [-0.05, 0) is 25.7 Å². The third-order valence-electron chi connectivity index (χ3n) is 3.98. The lowest BCUT2D eigenvalue weighted by atomic mass is 10.1. The van der Waals surface area contributed by atoms with Crippen molar-refractivity contribution in [2.24, 2.45) is 11.3 Å². The van der Waals surface area contributed by atoms with Gasteiger partial charge in [0.1, 0.15) is 11.4 Å². The van der Waals surface area contributed by atoms with E-state index in [4.69, 9.17) is 24.4 Å². The molecular formula is C14H22N4O2S2. The Morgan fingerprint density at radius 1 is 1.09 bits per heavy atom. The summed E-state index contributed by atoms with van der Waals surface area (Å²) in [6, 6.07) is 0. The van der Waals surface area contributed by atoms with Gasteiger partial charge in [0, 0.05) is 25.4 Å². The molecule has 0 atom stereocenters. The van der Waals surface area contributed by atoms with Crippen LogP contribution in [0, 0.1) is 11.3 Å². The fourth-order valence-corrected chi connectivity index (χ4v) is 2.65. The molecule has 2 rings (SSSR count). The lowest BCUT2D eigenvalue weighted by molar-refractivity contribution is -0.132. The Morgan fingerprint density at radius 2 is 1.59 bits per heavy atom.